The van der Waals surface area contributed by atoms with Gasteiger partial charge < -0.3 is 45.7 Å². The van der Waals surface area contributed by atoms with Crippen molar-refractivity contribution in [2.45, 2.75) is 44.4 Å². The normalized spacial score (nSPS) is 11.6. The molecule has 3 aliphatic rings. The summed E-state index contributed by atoms with van der Waals surface area (Å²) >= 11 is 0. The number of nitrogens with one attached hydrogen (secondary N) is 4. The smallest absolute Gasteiger partial charge is 0.748 e. The second kappa shape index (κ2) is 40.3. The quantitative estimate of drug-likeness (QED) is 0.0321. The molecular formula is C67H57N5Na4O19S5. The van der Waals surface area contributed by atoms with Crippen LogP contribution in [0.4, 0.5) is 28.4 Å². The number of anilines is 4. The number of hydrazone groups is 1. The molecule has 498 valence electrons. The molecule has 24 nitrogen and oxygen atoms in total. The maximum absolute atomic E-state index is 13.5. The van der Waals surface area contributed by atoms with E-state index >= 15 is 0 Å². The molecule has 0 saturated carbocycles. The Hall–Kier alpha value is -6.63. The number of amides is 1. The number of hydrogen-bond donors (Lipinski definition) is 4. The minimum absolute atomic E-state index is 0. The van der Waals surface area contributed by atoms with E-state index < -0.39 is 68.2 Å². The monoisotopic (exact) mass is 1490 g/mol. The number of ether oxygens (including phenoxy) is 1. The Morgan fingerprint density at radius 1 is 0.570 bits per heavy atom. The number of carbonyl (C=O) groups excluding carboxylic acids is 2. The van der Waals surface area contributed by atoms with E-state index in [1.807, 2.05) is 79.7 Å². The second-order valence-corrected chi connectivity index (χ2v) is 25.5. The van der Waals surface area contributed by atoms with Crippen LogP contribution in [0.2, 0.25) is 0 Å². The number of carbonyl (C=O) groups is 2. The van der Waals surface area contributed by atoms with Gasteiger partial charge in [-0.3, -0.25) is 10.2 Å². The molecule has 11 rings (SSSR count). The number of aryl methyl sites for hydroxylation is 5. The zero-order valence-corrected chi connectivity index (χ0v) is 67.8. The molecule has 0 saturated heterocycles. The van der Waals surface area contributed by atoms with Crippen LogP contribution in [0.25, 0.3) is 39.5 Å². The average Bonchev–Trinajstić information content (AvgIpc) is 0.751. The molecule has 33 heteroatoms. The fourth-order valence-corrected chi connectivity index (χ4v) is 10.8. The van der Waals surface area contributed by atoms with Crippen LogP contribution in [0.5, 0.6) is 11.5 Å². The molecule has 0 radical (unpaired) electrons. The zero-order valence-electron chi connectivity index (χ0n) is 55.7. The van der Waals surface area contributed by atoms with E-state index in [0.717, 1.165) is 62.4 Å². The molecule has 4 N–H and O–H groups in total. The summed E-state index contributed by atoms with van der Waals surface area (Å²) in [6.45, 7) is 10.1. The number of para-hydroxylation sites is 5. The van der Waals surface area contributed by atoms with Gasteiger partial charge in [0.2, 0.25) is 11.0 Å². The van der Waals surface area contributed by atoms with E-state index in [9.17, 15) is 35.5 Å². The summed E-state index contributed by atoms with van der Waals surface area (Å²) in [4.78, 5) is 29.0. The van der Waals surface area contributed by atoms with Crippen molar-refractivity contribution < 1.29 is 206 Å². The first-order valence-electron chi connectivity index (χ1n) is 27.6. The third kappa shape index (κ3) is 25.7. The standard InChI is InChI=1S/C35H30N2O4S.C30H22N3O6S.CH4O3S.CH3.4Na.2O3S/c1-21-9-7-10-22(2)34(21)36-25-15-17-27-30(19-25)41-31-20-26(37-35-23(3)11-8-12-24(35)4)16-18-28(31)33(27)29-13-5-6-14-32(29)42(38,39)40;1-19-9-5-7-13-26(19)39-27-14-8-6-12-23(27)32-33-24-16-15-21-17-22(40(36,37)38)18-25(28(21)29(24)34)31-30(35)20-10-3-2-4-11-20;1-5(2,3)4;;;;;;2*1-4(2)3/h5-20,36H,1-4H3,(H,38,39,40);2-15,17-18,32H,1H3,(H,31,35)(H,36,37,38);1H3,(H,2,3,4);1H3;;;;;;/q;-1;;-1;4*+1;;/p-2/b;33-24-;;;;;;;;. The fourth-order valence-electron chi connectivity index (χ4n) is 9.54. The third-order valence-corrected chi connectivity index (χ3v) is 15.4. The van der Waals surface area contributed by atoms with E-state index in [1.165, 1.54) is 12.1 Å². The van der Waals surface area contributed by atoms with Crippen LogP contribution in [0, 0.1) is 48.1 Å². The topological polar surface area (TPSA) is 393 Å². The minimum atomic E-state index is -4.89. The number of Topliss-reactive ketones (excluding diaryl/α,β-unsaturated/α-hetero) is 1. The molecule has 1 amide bonds. The van der Waals surface area contributed by atoms with E-state index in [4.69, 9.17) is 47.4 Å². The van der Waals surface area contributed by atoms with E-state index in [-0.39, 0.29) is 159 Å². The maximum Gasteiger partial charge on any atom is 1.00 e. The molecule has 8 aromatic rings. The van der Waals surface area contributed by atoms with Crippen molar-refractivity contribution in [3.8, 4) is 33.9 Å². The molecule has 0 fully saturated rings. The molecule has 0 spiro atoms. The predicted molar refractivity (Wildman–Crippen MR) is 356 cm³/mol. The summed E-state index contributed by atoms with van der Waals surface area (Å²) in [5.41, 5.74) is 13.8. The van der Waals surface area contributed by atoms with E-state index in [1.54, 1.807) is 72.8 Å². The number of ketones is 1. The Balaban J connectivity index is 0.000000555. The van der Waals surface area contributed by atoms with Crippen molar-refractivity contribution in [2.75, 3.05) is 22.3 Å². The first-order valence-corrected chi connectivity index (χ1v) is 34.2. The van der Waals surface area contributed by atoms with Crippen LogP contribution >= 0.6 is 0 Å². The Morgan fingerprint density at radius 3 is 1.68 bits per heavy atom. The van der Waals surface area contributed by atoms with Gasteiger partial charge in [-0.05, 0) is 112 Å². The van der Waals surface area contributed by atoms with Crippen molar-refractivity contribution in [1.82, 2.24) is 0 Å². The Kier molecular flexibility index (Phi) is 36.0. The molecule has 1 heterocycles. The van der Waals surface area contributed by atoms with Crippen molar-refractivity contribution in [2.24, 2.45) is 5.10 Å². The van der Waals surface area contributed by atoms with E-state index in [0.29, 0.717) is 56.9 Å². The van der Waals surface area contributed by atoms with Crippen LogP contribution in [0.15, 0.2) is 207 Å². The summed E-state index contributed by atoms with van der Waals surface area (Å²) in [6.07, 6.45) is 4.66. The molecule has 0 bridgehead atoms. The molecule has 8 aromatic carbocycles. The Labute approximate surface area is 669 Å². The van der Waals surface area contributed by atoms with Crippen LogP contribution in [-0.2, 0) is 51.6 Å². The van der Waals surface area contributed by atoms with Gasteiger partial charge in [0.25, 0.3) is 5.91 Å². The van der Waals surface area contributed by atoms with Gasteiger partial charge in [-0.15, -0.1) is 30.8 Å². The summed E-state index contributed by atoms with van der Waals surface area (Å²) in [7, 11) is -19.8. The fraction of sp³-hybridized carbons (Fsp3) is 0.0896. The van der Waals surface area contributed by atoms with Crippen LogP contribution in [-0.4, -0.2) is 87.8 Å². The average molecular weight is 1490 g/mol. The maximum atomic E-state index is 13.5. The summed E-state index contributed by atoms with van der Waals surface area (Å²) < 4.78 is 163. The van der Waals surface area contributed by atoms with Crippen LogP contribution in [0.1, 0.15) is 54.1 Å². The van der Waals surface area contributed by atoms with Crippen molar-refractivity contribution in [3.63, 3.8) is 0 Å². The molecule has 0 aromatic heterocycles. The summed E-state index contributed by atoms with van der Waals surface area (Å²) in [5.74, 6) is 0.446. The van der Waals surface area contributed by atoms with Crippen LogP contribution < -0.4 is 149 Å². The molecule has 1 aliphatic heterocycles. The number of rotatable bonds is 12. The molecular weight excluding hydrogens is 1430 g/mol. The zero-order chi connectivity index (χ0) is 69.5. The summed E-state index contributed by atoms with van der Waals surface area (Å²) in [6, 6.07) is 54.8. The number of fused-ring (bicyclic) bond motifs is 3. The second-order valence-electron chi connectivity index (χ2n) is 20.5. The van der Waals surface area contributed by atoms with Gasteiger partial charge in [0.1, 0.15) is 43.1 Å². The Bertz CT molecular complexity index is 5250. The largest absolute Gasteiger partial charge is 1.00 e. The van der Waals surface area contributed by atoms with Gasteiger partial charge in [-0.25, -0.2) is 30.2 Å². The predicted octanol–water partition coefficient (Wildman–Crippen LogP) is -2.56. The molecule has 0 unspecified atom stereocenters. The van der Waals surface area contributed by atoms with Crippen molar-refractivity contribution in [3.05, 3.63) is 251 Å². The van der Waals surface area contributed by atoms with Crippen molar-refractivity contribution >= 4 is 114 Å². The first-order chi connectivity index (χ1) is 44.8. The van der Waals surface area contributed by atoms with Gasteiger partial charge >= 0.3 is 139 Å². The summed E-state index contributed by atoms with van der Waals surface area (Å²) in [5, 5.41) is 11.8. The van der Waals surface area contributed by atoms with Gasteiger partial charge in [-0.1, -0.05) is 115 Å². The minimum Gasteiger partial charge on any atom is -0.748 e. The van der Waals surface area contributed by atoms with Crippen molar-refractivity contribution in [1.29, 1.82) is 0 Å². The number of benzene rings is 9. The van der Waals surface area contributed by atoms with Gasteiger partial charge in [0.15, 0.2) is 5.75 Å². The number of allylic oxidation sites excluding steroid dienone is 1. The Morgan fingerprint density at radius 2 is 1.10 bits per heavy atom. The molecule has 0 atom stereocenters. The van der Waals surface area contributed by atoms with Gasteiger partial charge in [-0.2, -0.15) is 17.3 Å². The van der Waals surface area contributed by atoms with Crippen LogP contribution in [0.3, 0.4) is 0 Å². The first kappa shape index (κ1) is 89.5. The molecule has 100 heavy (non-hydrogen) atoms. The third-order valence-electron chi connectivity index (χ3n) is 13.7. The van der Waals surface area contributed by atoms with Gasteiger partial charge in [0.05, 0.1) is 26.8 Å². The SMILES string of the molecule is CS(=O)(=O)[O-].Cc1cccc(C)c1Nc1ccc2c(-c3ccccc3S(=O)(=O)[O-])c3ccc(=[NH+]c4c(C)cccc4C)cc-3oc2c1.Cc1ccccc1Oc1ccccc1N/N=C1/[C-]=Cc2cc(S(=O)(=O)[O-])cc(NC(=O)c3ccccc3)c2C1=O.O=S(=O)=O.O=S(=O)=O.[CH3-].[Na+].[Na+].[Na+].[Na+]. The van der Waals surface area contributed by atoms with E-state index in [2.05, 4.69) is 84.2 Å². The number of nitrogens with zero attached hydrogens (tertiary/aromatic N) is 1. The number of hydrogen-bond acceptors (Lipinski definition) is 22. The molecule has 2 aliphatic carbocycles. The van der Waals surface area contributed by atoms with Gasteiger partial charge in [0, 0.05) is 84.8 Å².